The molecule has 0 aliphatic heterocycles. The van der Waals surface area contributed by atoms with Crippen molar-refractivity contribution in [3.63, 3.8) is 0 Å². The number of hydrogen-bond donors (Lipinski definition) is 4. The Kier molecular flexibility index (Phi) is 5.86. The third-order valence-corrected chi connectivity index (χ3v) is 3.04. The summed E-state index contributed by atoms with van der Waals surface area (Å²) in [6.45, 7) is -0.438. The highest BCUT2D eigenvalue weighted by molar-refractivity contribution is 9.10. The summed E-state index contributed by atoms with van der Waals surface area (Å²) in [5, 5.41) is 22.4. The standard InChI is InChI=1S/C10H9BrCl2N2O4/c11-4-1-5(12)8(6(13)2-4)15-10(19)14-3-7(16)9(17)18/h1-2,7,16H,3H2,(H,17,18)(H2,14,15,19). The highest BCUT2D eigenvalue weighted by atomic mass is 79.9. The topological polar surface area (TPSA) is 98.7 Å². The maximum atomic E-state index is 11.5. The number of urea groups is 1. The zero-order valence-corrected chi connectivity index (χ0v) is 12.4. The van der Waals surface area contributed by atoms with E-state index in [2.05, 4.69) is 26.6 Å². The fraction of sp³-hybridized carbons (Fsp3) is 0.200. The van der Waals surface area contributed by atoms with Crippen molar-refractivity contribution in [3.8, 4) is 0 Å². The van der Waals surface area contributed by atoms with Crippen LogP contribution < -0.4 is 10.6 Å². The molecular weight excluding hydrogens is 363 g/mol. The molecule has 104 valence electrons. The van der Waals surface area contributed by atoms with E-state index < -0.39 is 24.6 Å². The first-order valence-electron chi connectivity index (χ1n) is 4.91. The molecule has 9 heteroatoms. The van der Waals surface area contributed by atoms with Gasteiger partial charge in [0.05, 0.1) is 22.3 Å². The number of anilines is 1. The zero-order valence-electron chi connectivity index (χ0n) is 9.28. The monoisotopic (exact) mass is 370 g/mol. The first-order chi connectivity index (χ1) is 8.81. The predicted molar refractivity (Wildman–Crippen MR) is 74.8 cm³/mol. The Morgan fingerprint density at radius 3 is 2.32 bits per heavy atom. The van der Waals surface area contributed by atoms with Gasteiger partial charge in [0, 0.05) is 4.47 Å². The van der Waals surface area contributed by atoms with Gasteiger partial charge in [0.2, 0.25) is 0 Å². The van der Waals surface area contributed by atoms with Crippen molar-refractivity contribution in [3.05, 3.63) is 26.7 Å². The molecule has 2 amide bonds. The smallest absolute Gasteiger partial charge is 0.334 e. The molecule has 1 atom stereocenters. The number of carbonyl (C=O) groups is 2. The number of nitrogens with one attached hydrogen (secondary N) is 2. The van der Waals surface area contributed by atoms with Gasteiger partial charge < -0.3 is 20.8 Å². The van der Waals surface area contributed by atoms with E-state index in [-0.39, 0.29) is 15.7 Å². The first-order valence-corrected chi connectivity index (χ1v) is 6.46. The summed E-state index contributed by atoms with van der Waals surface area (Å²) in [6.07, 6.45) is -1.68. The van der Waals surface area contributed by atoms with Crippen molar-refractivity contribution in [1.29, 1.82) is 0 Å². The molecule has 1 unspecified atom stereocenters. The third kappa shape index (κ3) is 4.87. The lowest BCUT2D eigenvalue weighted by Gasteiger charge is -2.12. The highest BCUT2D eigenvalue weighted by Gasteiger charge is 2.15. The minimum absolute atomic E-state index is 0.189. The molecule has 0 aliphatic rings. The maximum absolute atomic E-state index is 11.5. The van der Waals surface area contributed by atoms with Crippen molar-refractivity contribution in [2.75, 3.05) is 11.9 Å². The molecule has 0 spiro atoms. The molecule has 0 bridgehead atoms. The van der Waals surface area contributed by atoms with Gasteiger partial charge in [-0.05, 0) is 12.1 Å². The van der Waals surface area contributed by atoms with Crippen LogP contribution in [0.4, 0.5) is 10.5 Å². The van der Waals surface area contributed by atoms with Crippen LogP contribution in [-0.4, -0.2) is 34.9 Å². The number of carboxylic acids is 1. The van der Waals surface area contributed by atoms with Crippen LogP contribution in [0, 0.1) is 0 Å². The number of hydrogen-bond acceptors (Lipinski definition) is 3. The average Bonchev–Trinajstić information content (AvgIpc) is 2.30. The third-order valence-electron chi connectivity index (χ3n) is 1.99. The lowest BCUT2D eigenvalue weighted by Crippen LogP contribution is -2.38. The van der Waals surface area contributed by atoms with Crippen molar-refractivity contribution in [1.82, 2.24) is 5.32 Å². The van der Waals surface area contributed by atoms with Gasteiger partial charge in [0.25, 0.3) is 0 Å². The van der Waals surface area contributed by atoms with Crippen LogP contribution in [0.25, 0.3) is 0 Å². The van der Waals surface area contributed by atoms with Crippen LogP contribution in [0.15, 0.2) is 16.6 Å². The van der Waals surface area contributed by atoms with Gasteiger partial charge in [-0.1, -0.05) is 39.1 Å². The van der Waals surface area contributed by atoms with Crippen molar-refractivity contribution >= 4 is 56.8 Å². The van der Waals surface area contributed by atoms with Crippen LogP contribution in [0.1, 0.15) is 0 Å². The Morgan fingerprint density at radius 2 is 1.84 bits per heavy atom. The SMILES string of the molecule is O=C(NCC(O)C(=O)O)Nc1c(Cl)cc(Br)cc1Cl. The van der Waals surface area contributed by atoms with Gasteiger partial charge in [0.1, 0.15) is 0 Å². The van der Waals surface area contributed by atoms with Crippen LogP contribution in [0.5, 0.6) is 0 Å². The number of carboxylic acid groups (broad SMARTS) is 1. The number of halogens is 3. The molecule has 0 saturated carbocycles. The first kappa shape index (κ1) is 16.0. The Hall–Kier alpha value is -1.02. The molecule has 4 N–H and O–H groups in total. The average molecular weight is 372 g/mol. The summed E-state index contributed by atoms with van der Waals surface area (Å²) in [5.74, 6) is -1.43. The lowest BCUT2D eigenvalue weighted by molar-refractivity contribution is -0.146. The lowest BCUT2D eigenvalue weighted by atomic mass is 10.3. The van der Waals surface area contributed by atoms with E-state index in [9.17, 15) is 9.59 Å². The van der Waals surface area contributed by atoms with E-state index in [1.54, 1.807) is 0 Å². The Labute approximate surface area is 126 Å². The molecule has 0 radical (unpaired) electrons. The van der Waals surface area contributed by atoms with Crippen molar-refractivity contribution in [2.24, 2.45) is 0 Å². The number of aliphatic hydroxyl groups excluding tert-OH is 1. The molecule has 1 aromatic rings. The quantitative estimate of drug-likeness (QED) is 0.652. The van der Waals surface area contributed by atoms with Gasteiger partial charge in [-0.2, -0.15) is 0 Å². The molecule has 0 aromatic heterocycles. The van der Waals surface area contributed by atoms with Gasteiger partial charge >= 0.3 is 12.0 Å². The van der Waals surface area contributed by atoms with E-state index in [0.29, 0.717) is 4.47 Å². The number of aliphatic hydroxyl groups is 1. The molecule has 0 fully saturated rings. The maximum Gasteiger partial charge on any atom is 0.334 e. The van der Waals surface area contributed by atoms with Gasteiger partial charge in [0.15, 0.2) is 6.10 Å². The molecule has 1 aromatic carbocycles. The van der Waals surface area contributed by atoms with E-state index in [1.165, 1.54) is 12.1 Å². The minimum atomic E-state index is -1.68. The second-order valence-electron chi connectivity index (χ2n) is 3.43. The second kappa shape index (κ2) is 6.95. The molecule has 0 heterocycles. The summed E-state index contributed by atoms with van der Waals surface area (Å²) < 4.78 is 0.648. The van der Waals surface area contributed by atoms with Crippen LogP contribution >= 0.6 is 39.1 Å². The van der Waals surface area contributed by atoms with E-state index in [4.69, 9.17) is 33.4 Å². The fourth-order valence-electron chi connectivity index (χ4n) is 1.10. The van der Waals surface area contributed by atoms with Gasteiger partial charge in [-0.25, -0.2) is 9.59 Å². The minimum Gasteiger partial charge on any atom is -0.479 e. The van der Waals surface area contributed by atoms with Gasteiger partial charge in [-0.3, -0.25) is 0 Å². The number of benzene rings is 1. The van der Waals surface area contributed by atoms with Crippen molar-refractivity contribution in [2.45, 2.75) is 6.10 Å². The van der Waals surface area contributed by atoms with E-state index >= 15 is 0 Å². The predicted octanol–water partition coefficient (Wildman–Crippen LogP) is 2.32. The molecule has 0 saturated heterocycles. The summed E-state index contributed by atoms with van der Waals surface area (Å²) in [5.41, 5.74) is 0.189. The number of rotatable bonds is 4. The number of aliphatic carboxylic acids is 1. The summed E-state index contributed by atoms with van der Waals surface area (Å²) in [6, 6.07) is 2.34. The Morgan fingerprint density at radius 1 is 1.32 bits per heavy atom. The fourth-order valence-corrected chi connectivity index (χ4v) is 2.40. The molecular formula is C10H9BrCl2N2O4. The molecule has 1 rings (SSSR count). The van der Waals surface area contributed by atoms with E-state index in [1.807, 2.05) is 0 Å². The second-order valence-corrected chi connectivity index (χ2v) is 5.16. The largest absolute Gasteiger partial charge is 0.479 e. The summed E-state index contributed by atoms with van der Waals surface area (Å²) in [4.78, 5) is 21.8. The number of amides is 2. The number of carbonyl (C=O) groups excluding carboxylic acids is 1. The normalized spacial score (nSPS) is 11.8. The van der Waals surface area contributed by atoms with Crippen LogP contribution in [0.2, 0.25) is 10.0 Å². The molecule has 6 nitrogen and oxygen atoms in total. The van der Waals surface area contributed by atoms with E-state index in [0.717, 1.165) is 0 Å². The Bertz CT molecular complexity index is 489. The summed E-state index contributed by atoms with van der Waals surface area (Å²) in [7, 11) is 0. The van der Waals surface area contributed by atoms with Gasteiger partial charge in [-0.15, -0.1) is 0 Å². The summed E-state index contributed by atoms with van der Waals surface area (Å²) >= 11 is 15.0. The van der Waals surface area contributed by atoms with Crippen molar-refractivity contribution < 1.29 is 19.8 Å². The van der Waals surface area contributed by atoms with Crippen LogP contribution in [-0.2, 0) is 4.79 Å². The Balaban J connectivity index is 2.65. The van der Waals surface area contributed by atoms with Crippen LogP contribution in [0.3, 0.4) is 0 Å². The highest BCUT2D eigenvalue weighted by Crippen LogP contribution is 2.33. The molecule has 19 heavy (non-hydrogen) atoms. The molecule has 0 aliphatic carbocycles. The zero-order chi connectivity index (χ0) is 14.6.